The average molecular weight is 238 g/mol. The van der Waals surface area contributed by atoms with Crippen molar-refractivity contribution >= 4 is 17.8 Å². The van der Waals surface area contributed by atoms with Crippen molar-refractivity contribution in [3.63, 3.8) is 0 Å². The first kappa shape index (κ1) is 10.8. The topological polar surface area (TPSA) is 32.3 Å². The van der Waals surface area contributed by atoms with Crippen molar-refractivity contribution < 1.29 is 4.79 Å². The highest BCUT2D eigenvalue weighted by Crippen LogP contribution is 2.29. The highest BCUT2D eigenvalue weighted by atomic mass is 16.1. The van der Waals surface area contributed by atoms with E-state index in [1.54, 1.807) is 0 Å². The van der Waals surface area contributed by atoms with E-state index < -0.39 is 0 Å². The van der Waals surface area contributed by atoms with Crippen molar-refractivity contribution in [2.75, 3.05) is 10.2 Å². The summed E-state index contributed by atoms with van der Waals surface area (Å²) in [4.78, 5) is 12.8. The maximum atomic E-state index is 10.5. The monoisotopic (exact) mass is 238 g/mol. The summed E-state index contributed by atoms with van der Waals surface area (Å²) in [5.41, 5.74) is 4.73. The van der Waals surface area contributed by atoms with Crippen molar-refractivity contribution in [3.8, 4) is 0 Å². The van der Waals surface area contributed by atoms with E-state index in [1.807, 2.05) is 18.2 Å². The van der Waals surface area contributed by atoms with Crippen molar-refractivity contribution in [1.29, 1.82) is 0 Å². The molecule has 0 unspecified atom stereocenters. The summed E-state index contributed by atoms with van der Waals surface area (Å²) >= 11 is 0. The Bertz CT molecular complexity index is 555. The lowest BCUT2D eigenvalue weighted by atomic mass is 10.1. The van der Waals surface area contributed by atoms with E-state index >= 15 is 0 Å². The maximum Gasteiger partial charge on any atom is 0.211 e. The third-order valence-corrected chi connectivity index (χ3v) is 3.28. The lowest BCUT2D eigenvalue weighted by Gasteiger charge is -2.18. The number of benzene rings is 2. The number of carbonyl (C=O) groups is 1. The van der Waals surface area contributed by atoms with Gasteiger partial charge in [0.1, 0.15) is 0 Å². The zero-order chi connectivity index (χ0) is 12.4. The van der Waals surface area contributed by atoms with E-state index in [2.05, 4.69) is 40.5 Å². The Morgan fingerprint density at radius 2 is 1.72 bits per heavy atom. The molecule has 0 aliphatic carbocycles. The summed E-state index contributed by atoms with van der Waals surface area (Å²) in [5.74, 6) is 0. The van der Waals surface area contributed by atoms with Gasteiger partial charge in [0, 0.05) is 24.5 Å². The van der Waals surface area contributed by atoms with Gasteiger partial charge >= 0.3 is 0 Å². The normalized spacial score (nSPS) is 13.2. The van der Waals surface area contributed by atoms with Crippen molar-refractivity contribution in [1.82, 2.24) is 0 Å². The van der Waals surface area contributed by atoms with Gasteiger partial charge in [0.2, 0.25) is 6.41 Å². The molecular formula is C15H14N2O. The molecule has 2 aromatic rings. The van der Waals surface area contributed by atoms with Crippen LogP contribution in [0.25, 0.3) is 0 Å². The van der Waals surface area contributed by atoms with E-state index in [0.29, 0.717) is 6.41 Å². The van der Waals surface area contributed by atoms with Crippen LogP contribution in [0, 0.1) is 0 Å². The number of anilines is 2. The van der Waals surface area contributed by atoms with Gasteiger partial charge in [-0.25, -0.2) is 0 Å². The van der Waals surface area contributed by atoms with Crippen LogP contribution in [0.1, 0.15) is 11.1 Å². The van der Waals surface area contributed by atoms with Crippen LogP contribution in [0.3, 0.4) is 0 Å². The summed E-state index contributed by atoms with van der Waals surface area (Å²) in [5, 5.41) is 2.69. The zero-order valence-corrected chi connectivity index (χ0v) is 9.97. The van der Waals surface area contributed by atoms with Gasteiger partial charge in [0.05, 0.1) is 0 Å². The standard InChI is InChI=1S/C15H14N2O/c18-11-16-14-6-3-7-15(8-14)17-9-12-4-1-2-5-13(12)10-17/h1-8,11H,9-10H2,(H,16,18). The van der Waals surface area contributed by atoms with E-state index in [9.17, 15) is 4.79 Å². The van der Waals surface area contributed by atoms with E-state index in [-0.39, 0.29) is 0 Å². The first-order chi connectivity index (χ1) is 8.86. The van der Waals surface area contributed by atoms with Crippen LogP contribution in [0.15, 0.2) is 48.5 Å². The molecule has 3 heteroatoms. The molecule has 3 nitrogen and oxygen atoms in total. The van der Waals surface area contributed by atoms with E-state index in [1.165, 1.54) is 11.1 Å². The summed E-state index contributed by atoms with van der Waals surface area (Å²) in [6.07, 6.45) is 0.706. The van der Waals surface area contributed by atoms with Crippen LogP contribution in [0.5, 0.6) is 0 Å². The molecule has 0 saturated carbocycles. The molecule has 1 N–H and O–H groups in total. The van der Waals surface area contributed by atoms with Gasteiger partial charge in [-0.1, -0.05) is 30.3 Å². The minimum absolute atomic E-state index is 0.706. The number of hydrogen-bond donors (Lipinski definition) is 1. The van der Waals surface area contributed by atoms with Gasteiger partial charge in [-0.3, -0.25) is 4.79 Å². The fourth-order valence-electron chi connectivity index (χ4n) is 2.38. The average Bonchev–Trinajstić information content (AvgIpc) is 2.83. The lowest BCUT2D eigenvalue weighted by Crippen LogP contribution is -2.14. The predicted molar refractivity (Wildman–Crippen MR) is 72.5 cm³/mol. The predicted octanol–water partition coefficient (Wildman–Crippen LogP) is 2.78. The van der Waals surface area contributed by atoms with Crippen LogP contribution in [0.4, 0.5) is 11.4 Å². The molecule has 0 spiro atoms. The van der Waals surface area contributed by atoms with Crippen LogP contribution in [0.2, 0.25) is 0 Å². The maximum absolute atomic E-state index is 10.5. The molecule has 0 saturated heterocycles. The van der Waals surface area contributed by atoms with Crippen LogP contribution < -0.4 is 10.2 Å². The molecule has 1 heterocycles. The third kappa shape index (κ3) is 1.95. The molecule has 18 heavy (non-hydrogen) atoms. The van der Waals surface area contributed by atoms with Gasteiger partial charge in [-0.2, -0.15) is 0 Å². The van der Waals surface area contributed by atoms with Crippen molar-refractivity contribution in [3.05, 3.63) is 59.7 Å². The molecular weight excluding hydrogens is 224 g/mol. The molecule has 3 rings (SSSR count). The SMILES string of the molecule is O=CNc1cccc(N2Cc3ccccc3C2)c1. The fraction of sp³-hybridized carbons (Fsp3) is 0.133. The highest BCUT2D eigenvalue weighted by molar-refractivity contribution is 5.73. The summed E-state index contributed by atoms with van der Waals surface area (Å²) in [6.45, 7) is 1.86. The molecule has 0 fully saturated rings. The van der Waals surface area contributed by atoms with Gasteiger partial charge in [-0.05, 0) is 29.3 Å². The molecule has 1 aliphatic heterocycles. The van der Waals surface area contributed by atoms with Crippen molar-refractivity contribution in [2.24, 2.45) is 0 Å². The van der Waals surface area contributed by atoms with Gasteiger partial charge in [0.25, 0.3) is 0 Å². The molecule has 0 aromatic heterocycles. The Morgan fingerprint density at radius 3 is 2.39 bits per heavy atom. The number of nitrogens with zero attached hydrogens (tertiary/aromatic N) is 1. The number of fused-ring (bicyclic) bond motifs is 1. The smallest absolute Gasteiger partial charge is 0.211 e. The molecule has 0 bridgehead atoms. The largest absolute Gasteiger partial charge is 0.363 e. The summed E-state index contributed by atoms with van der Waals surface area (Å²) in [6, 6.07) is 16.4. The Hall–Kier alpha value is -2.29. The Morgan fingerprint density at radius 1 is 1.00 bits per heavy atom. The minimum Gasteiger partial charge on any atom is -0.363 e. The van der Waals surface area contributed by atoms with Gasteiger partial charge in [-0.15, -0.1) is 0 Å². The third-order valence-electron chi connectivity index (χ3n) is 3.28. The second-order valence-corrected chi connectivity index (χ2v) is 4.44. The van der Waals surface area contributed by atoms with Crippen LogP contribution >= 0.6 is 0 Å². The molecule has 90 valence electrons. The number of hydrogen-bond acceptors (Lipinski definition) is 2. The van der Waals surface area contributed by atoms with Gasteiger partial charge in [0.15, 0.2) is 0 Å². The van der Waals surface area contributed by atoms with Gasteiger partial charge < -0.3 is 10.2 Å². The lowest BCUT2D eigenvalue weighted by molar-refractivity contribution is -0.105. The summed E-state index contributed by atoms with van der Waals surface area (Å²) < 4.78 is 0. The van der Waals surface area contributed by atoms with E-state index in [0.717, 1.165) is 24.5 Å². The highest BCUT2D eigenvalue weighted by Gasteiger charge is 2.18. The zero-order valence-electron chi connectivity index (χ0n) is 9.97. The van der Waals surface area contributed by atoms with E-state index in [4.69, 9.17) is 0 Å². The Kier molecular flexibility index (Phi) is 2.73. The first-order valence-electron chi connectivity index (χ1n) is 5.99. The molecule has 1 amide bonds. The number of nitrogens with one attached hydrogen (secondary N) is 1. The Balaban J connectivity index is 1.85. The number of amides is 1. The molecule has 2 aromatic carbocycles. The molecule has 0 atom stereocenters. The van der Waals surface area contributed by atoms with Crippen LogP contribution in [-0.4, -0.2) is 6.41 Å². The molecule has 1 aliphatic rings. The molecule has 0 radical (unpaired) electrons. The van der Waals surface area contributed by atoms with Crippen LogP contribution in [-0.2, 0) is 17.9 Å². The minimum atomic E-state index is 0.706. The number of carbonyl (C=O) groups excluding carboxylic acids is 1. The quantitative estimate of drug-likeness (QED) is 0.834. The second kappa shape index (κ2) is 4.53. The fourth-order valence-corrected chi connectivity index (χ4v) is 2.38. The number of rotatable bonds is 3. The Labute approximate surface area is 106 Å². The summed E-state index contributed by atoms with van der Waals surface area (Å²) in [7, 11) is 0. The first-order valence-corrected chi connectivity index (χ1v) is 5.99. The van der Waals surface area contributed by atoms with Crippen molar-refractivity contribution in [2.45, 2.75) is 13.1 Å². The second-order valence-electron chi connectivity index (χ2n) is 4.44.